The molecule has 81 heavy (non-hydrogen) atoms. The summed E-state index contributed by atoms with van der Waals surface area (Å²) in [5.41, 5.74) is 7.69. The minimum Gasteiger partial charge on any atom is -0.444 e. The van der Waals surface area contributed by atoms with E-state index >= 15 is 0 Å². The van der Waals surface area contributed by atoms with Gasteiger partial charge in [-0.3, -0.25) is 14.4 Å². The van der Waals surface area contributed by atoms with E-state index in [0.717, 1.165) is 109 Å². The molecule has 3 aliphatic heterocycles. The van der Waals surface area contributed by atoms with Crippen molar-refractivity contribution in [1.29, 1.82) is 10.5 Å². The summed E-state index contributed by atoms with van der Waals surface area (Å²) in [6.45, 7) is 29.6. The second-order valence-corrected chi connectivity index (χ2v) is 23.5. The summed E-state index contributed by atoms with van der Waals surface area (Å²) < 4.78 is 10.9. The molecule has 3 heterocycles. The van der Waals surface area contributed by atoms with E-state index < -0.39 is 16.6 Å². The van der Waals surface area contributed by atoms with Crippen LogP contribution in [0.25, 0.3) is 34.0 Å². The van der Waals surface area contributed by atoms with Crippen LogP contribution in [0.3, 0.4) is 0 Å². The Bertz CT molecular complexity index is 3180. The third-order valence-electron chi connectivity index (χ3n) is 15.8. The van der Waals surface area contributed by atoms with Crippen molar-refractivity contribution >= 4 is 77.6 Å². The summed E-state index contributed by atoms with van der Waals surface area (Å²) in [5.74, 6) is 0.463. The fourth-order valence-corrected chi connectivity index (χ4v) is 11.4. The zero-order valence-electron chi connectivity index (χ0n) is 46.9. The van der Waals surface area contributed by atoms with Crippen LogP contribution in [0.2, 0.25) is 0 Å². The molecule has 0 radical (unpaired) electrons. The van der Waals surface area contributed by atoms with Crippen LogP contribution in [0.15, 0.2) is 119 Å². The first-order valence-corrected chi connectivity index (χ1v) is 27.2. The van der Waals surface area contributed by atoms with Gasteiger partial charge in [0.1, 0.15) is 17.0 Å². The highest BCUT2D eigenvalue weighted by Crippen LogP contribution is 2.57. The van der Waals surface area contributed by atoms with Crippen molar-refractivity contribution in [2.45, 2.75) is 104 Å². The summed E-state index contributed by atoms with van der Waals surface area (Å²) in [7, 11) is 0. The van der Waals surface area contributed by atoms with E-state index in [-0.39, 0.29) is 47.0 Å². The van der Waals surface area contributed by atoms with E-state index in [1.54, 1.807) is 58.3 Å². The van der Waals surface area contributed by atoms with Gasteiger partial charge < -0.3 is 24.6 Å². The maximum atomic E-state index is 13.4. The molecule has 15 heteroatoms. The van der Waals surface area contributed by atoms with Crippen molar-refractivity contribution in [2.75, 3.05) is 39.3 Å². The number of likely N-dealkylation sites (tertiary alicyclic amines) is 2. The first-order valence-electron chi connectivity index (χ1n) is 27.2. The number of Topliss-reactive ketones (excluding diaryl/α,β-unsaturated/α-hetero) is 3. The molecule has 0 unspecified atom stereocenters. The molecule has 4 aromatic carbocycles. The van der Waals surface area contributed by atoms with E-state index in [1.165, 1.54) is 0 Å². The molecule has 0 bridgehead atoms. The Balaban J connectivity index is 0.000000184. The maximum Gasteiger partial charge on any atom is 0.410 e. The van der Waals surface area contributed by atoms with Gasteiger partial charge in [0.25, 0.3) is 0 Å². The lowest BCUT2D eigenvalue weighted by Crippen LogP contribution is -2.53. The van der Waals surface area contributed by atoms with Crippen LogP contribution in [0.5, 0.6) is 0 Å². The fraction of sp³-hybridized carbons (Fsp3) is 0.379. The topological polar surface area (TPSA) is 179 Å². The maximum absolute atomic E-state index is 13.4. The standard InChI is InChI=1S/C29H27N3O3.C24H19N3O.C13H21NO3.ClH/c1-28(2,3)35-27(34)32-15-13-29(14-16-32)24(17-20-5-7-22(19-30)8-6-20)26(33)25(29)18-21-9-11-23(31-4)12-10-21;1-26-20-8-6-18(7-9-20)15-22-23(28)21(24(22)10-12-27-13-11-24)14-17-2-4-19(16-25)5-3-17;1-12(2,3)17-11(16)14-6-4-13(5-7-14)8-10(15)9-13;/h5-12,17-18H,13-16H2,1-3H3;2-9,14-15,27H,10-13H2;4-9H2,1-3H3;1H/b24-17-,25-18-;21-14-,22-15-;;. The van der Waals surface area contributed by atoms with Gasteiger partial charge in [0.2, 0.25) is 0 Å². The third kappa shape index (κ3) is 14.0. The lowest BCUT2D eigenvalue weighted by Gasteiger charge is -2.50. The van der Waals surface area contributed by atoms with E-state index in [1.807, 2.05) is 114 Å². The SMILES string of the molecule is CC(C)(C)OC(=O)N1CCC2(CC1)CC(=O)C2.Cl.[C-]#[N+]c1ccc(/C=C2/C(=O)/C(=C/c3ccc(C#N)cc3)C23CCN(C(=O)OC(C)(C)C)CC3)cc1.[C-]#[N+]c1ccc(/C=C2/C(=O)/C(=C/c3ccc(C#N)cc3)C23CCNCC3)cc1. The zero-order valence-corrected chi connectivity index (χ0v) is 47.7. The van der Waals surface area contributed by atoms with Crippen molar-refractivity contribution in [3.63, 3.8) is 0 Å². The molecule has 1 N–H and O–H groups in total. The molecule has 6 fully saturated rings. The third-order valence-corrected chi connectivity index (χ3v) is 15.8. The Labute approximate surface area is 481 Å². The average Bonchev–Trinajstić information content (AvgIpc) is 3.50. The first kappa shape index (κ1) is 60.2. The first-order chi connectivity index (χ1) is 38.1. The summed E-state index contributed by atoms with van der Waals surface area (Å²) in [6.07, 6.45) is 13.6. The molecule has 3 saturated heterocycles. The Morgan fingerprint density at radius 2 is 0.840 bits per heavy atom. The summed E-state index contributed by atoms with van der Waals surface area (Å²) in [6, 6.07) is 33.3. The van der Waals surface area contributed by atoms with Crippen LogP contribution >= 0.6 is 12.4 Å². The number of piperidine rings is 3. The molecule has 0 atom stereocenters. The number of amides is 2. The molecule has 3 spiro atoms. The summed E-state index contributed by atoms with van der Waals surface area (Å²) >= 11 is 0. The second kappa shape index (κ2) is 24.9. The van der Waals surface area contributed by atoms with Gasteiger partial charge in [0, 0.05) is 72.1 Å². The monoisotopic (exact) mass is 1110 g/mol. The number of rotatable bonds is 4. The minimum absolute atomic E-state index is 0. The number of nitrogens with zero attached hydrogens (tertiary/aromatic N) is 6. The normalized spacial score (nSPS) is 20.3. The zero-order chi connectivity index (χ0) is 57.5. The molecule has 2 amide bonds. The van der Waals surface area contributed by atoms with Gasteiger partial charge >= 0.3 is 12.2 Å². The number of benzene rings is 4. The van der Waals surface area contributed by atoms with Gasteiger partial charge in [0.15, 0.2) is 22.9 Å². The number of nitriles is 2. The van der Waals surface area contributed by atoms with Gasteiger partial charge in [-0.25, -0.2) is 19.3 Å². The van der Waals surface area contributed by atoms with Crippen LogP contribution < -0.4 is 5.32 Å². The van der Waals surface area contributed by atoms with Crippen molar-refractivity contribution < 1.29 is 33.4 Å². The minimum atomic E-state index is -0.568. The Morgan fingerprint density at radius 1 is 0.531 bits per heavy atom. The van der Waals surface area contributed by atoms with Gasteiger partial charge in [-0.05, 0) is 169 Å². The Hall–Kier alpha value is -8.40. The van der Waals surface area contributed by atoms with Crippen LogP contribution in [0, 0.1) is 52.1 Å². The van der Waals surface area contributed by atoms with Gasteiger partial charge in [-0.2, -0.15) is 10.5 Å². The van der Waals surface area contributed by atoms with Crippen LogP contribution in [0.1, 0.15) is 126 Å². The number of halogens is 1. The molecule has 3 saturated carbocycles. The smallest absolute Gasteiger partial charge is 0.410 e. The number of carbonyl (C=O) groups is 5. The number of ether oxygens (including phenoxy) is 2. The second-order valence-electron chi connectivity index (χ2n) is 23.5. The number of hydrogen-bond donors (Lipinski definition) is 1. The lowest BCUT2D eigenvalue weighted by atomic mass is 9.54. The molecular weight excluding hydrogens is 1040 g/mol. The summed E-state index contributed by atoms with van der Waals surface area (Å²) in [4.78, 5) is 72.2. The van der Waals surface area contributed by atoms with Crippen molar-refractivity contribution in [1.82, 2.24) is 15.1 Å². The molecule has 3 aliphatic carbocycles. The van der Waals surface area contributed by atoms with E-state index in [9.17, 15) is 24.0 Å². The highest BCUT2D eigenvalue weighted by molar-refractivity contribution is 6.24. The van der Waals surface area contributed by atoms with Crippen LogP contribution in [-0.2, 0) is 23.9 Å². The van der Waals surface area contributed by atoms with Crippen LogP contribution in [-0.4, -0.2) is 89.8 Å². The van der Waals surface area contributed by atoms with Gasteiger partial charge in [-0.15, -0.1) is 12.4 Å². The molecule has 0 aromatic heterocycles. The number of carbonyl (C=O) groups excluding carboxylic acids is 5. The predicted octanol–water partition coefficient (Wildman–Crippen LogP) is 13.5. The number of nitrogens with one attached hydrogen (secondary N) is 1. The molecule has 14 nitrogen and oxygen atoms in total. The van der Waals surface area contributed by atoms with Gasteiger partial charge in [0.05, 0.1) is 36.4 Å². The summed E-state index contributed by atoms with van der Waals surface area (Å²) in [5, 5.41) is 21.4. The van der Waals surface area contributed by atoms with E-state index in [0.29, 0.717) is 54.2 Å². The van der Waals surface area contributed by atoms with Crippen molar-refractivity contribution in [2.24, 2.45) is 16.2 Å². The molecule has 10 rings (SSSR count). The van der Waals surface area contributed by atoms with Gasteiger partial charge in [-0.1, -0.05) is 72.8 Å². The molecule has 4 aromatic rings. The fourth-order valence-electron chi connectivity index (χ4n) is 11.4. The number of allylic oxidation sites excluding steroid dienone is 4. The number of hydrogen-bond acceptors (Lipinski definition) is 10. The Kier molecular flexibility index (Phi) is 18.6. The highest BCUT2D eigenvalue weighted by atomic mass is 35.5. The largest absolute Gasteiger partial charge is 0.444 e. The molecular formula is C66H68ClN7O7. The quantitative estimate of drug-likeness (QED) is 0.153. The van der Waals surface area contributed by atoms with E-state index in [2.05, 4.69) is 27.1 Å². The average molecular weight is 1110 g/mol. The van der Waals surface area contributed by atoms with Crippen molar-refractivity contribution in [3.05, 3.63) is 176 Å². The predicted molar refractivity (Wildman–Crippen MR) is 315 cm³/mol. The molecule has 416 valence electrons. The highest BCUT2D eigenvalue weighted by Gasteiger charge is 2.56. The molecule has 6 aliphatic rings. The number of ketones is 3. The lowest BCUT2D eigenvalue weighted by molar-refractivity contribution is -0.135. The van der Waals surface area contributed by atoms with Crippen molar-refractivity contribution in [3.8, 4) is 12.1 Å². The Morgan fingerprint density at radius 3 is 1.14 bits per heavy atom. The van der Waals surface area contributed by atoms with Crippen LogP contribution in [0.4, 0.5) is 21.0 Å². The van der Waals surface area contributed by atoms with E-state index in [4.69, 9.17) is 33.1 Å².